The maximum atomic E-state index is 13.9. The third-order valence-electron chi connectivity index (χ3n) is 4.29. The van der Waals surface area contributed by atoms with E-state index in [0.29, 0.717) is 34.2 Å². The average molecular weight is 391 g/mol. The van der Waals surface area contributed by atoms with Crippen LogP contribution in [0.3, 0.4) is 0 Å². The summed E-state index contributed by atoms with van der Waals surface area (Å²) in [4.78, 5) is 15.3. The molecule has 0 atom stereocenters. The van der Waals surface area contributed by atoms with Crippen molar-refractivity contribution in [2.75, 3.05) is 36.5 Å². The number of nitrogens with one attached hydrogen (secondary N) is 1. The van der Waals surface area contributed by atoms with E-state index in [1.165, 1.54) is 17.4 Å². The Bertz CT molecular complexity index is 969. The van der Waals surface area contributed by atoms with Gasteiger partial charge >= 0.3 is 0 Å². The highest BCUT2D eigenvalue weighted by Gasteiger charge is 2.18. The molecule has 7 heteroatoms. The third kappa shape index (κ3) is 3.40. The molecule has 1 fully saturated rings. The van der Waals surface area contributed by atoms with Crippen LogP contribution in [0, 0.1) is 5.82 Å². The van der Waals surface area contributed by atoms with Crippen molar-refractivity contribution < 1.29 is 13.9 Å². The minimum Gasteiger partial charge on any atom is -0.378 e. The predicted molar refractivity (Wildman–Crippen MR) is 104 cm³/mol. The summed E-state index contributed by atoms with van der Waals surface area (Å²) in [5.74, 6) is -0.600. The number of amides is 1. The Labute approximate surface area is 159 Å². The number of hydrogen-bond acceptors (Lipinski definition) is 4. The highest BCUT2D eigenvalue weighted by Crippen LogP contribution is 2.32. The smallest absolute Gasteiger partial charge is 0.265 e. The minimum atomic E-state index is -0.324. The normalized spacial score (nSPS) is 14.6. The second kappa shape index (κ2) is 7.23. The SMILES string of the molecule is O=C(Nc1cc(Cl)ccc1N1CCOCC1)c1cc2c(F)cccc2s1. The zero-order valence-corrected chi connectivity index (χ0v) is 15.4. The number of thiophene rings is 1. The van der Waals surface area contributed by atoms with E-state index in [1.807, 2.05) is 6.07 Å². The van der Waals surface area contributed by atoms with Crippen LogP contribution in [0.25, 0.3) is 10.1 Å². The van der Waals surface area contributed by atoms with Gasteiger partial charge in [0.2, 0.25) is 0 Å². The molecule has 26 heavy (non-hydrogen) atoms. The Morgan fingerprint density at radius 2 is 2.00 bits per heavy atom. The average Bonchev–Trinajstić information content (AvgIpc) is 3.09. The summed E-state index contributed by atoms with van der Waals surface area (Å²) in [6.07, 6.45) is 0. The fourth-order valence-corrected chi connectivity index (χ4v) is 4.15. The zero-order chi connectivity index (χ0) is 18.1. The molecule has 3 aromatic rings. The summed E-state index contributed by atoms with van der Waals surface area (Å²) in [5.41, 5.74) is 1.54. The lowest BCUT2D eigenvalue weighted by Gasteiger charge is -2.30. The van der Waals surface area contributed by atoms with E-state index in [2.05, 4.69) is 10.2 Å². The highest BCUT2D eigenvalue weighted by atomic mass is 35.5. The van der Waals surface area contributed by atoms with Gasteiger partial charge in [-0.2, -0.15) is 0 Å². The lowest BCUT2D eigenvalue weighted by atomic mass is 10.2. The van der Waals surface area contributed by atoms with Crippen LogP contribution in [0.1, 0.15) is 9.67 Å². The van der Waals surface area contributed by atoms with Crippen molar-refractivity contribution in [3.05, 3.63) is 58.2 Å². The number of fused-ring (bicyclic) bond motifs is 1. The molecule has 1 aromatic heterocycles. The van der Waals surface area contributed by atoms with Crippen LogP contribution in [0.4, 0.5) is 15.8 Å². The van der Waals surface area contributed by atoms with E-state index in [4.69, 9.17) is 16.3 Å². The summed E-state index contributed by atoms with van der Waals surface area (Å²) in [6.45, 7) is 2.79. The van der Waals surface area contributed by atoms with Crippen molar-refractivity contribution in [2.45, 2.75) is 0 Å². The summed E-state index contributed by atoms with van der Waals surface area (Å²) >= 11 is 7.39. The number of halogens is 2. The molecular formula is C19H16ClFN2O2S. The molecule has 0 saturated carbocycles. The topological polar surface area (TPSA) is 41.6 Å². The van der Waals surface area contributed by atoms with Gasteiger partial charge in [-0.1, -0.05) is 17.7 Å². The van der Waals surface area contributed by atoms with E-state index in [1.54, 1.807) is 30.3 Å². The van der Waals surface area contributed by atoms with Crippen LogP contribution in [-0.2, 0) is 4.74 Å². The third-order valence-corrected chi connectivity index (χ3v) is 5.62. The number of benzene rings is 2. The van der Waals surface area contributed by atoms with Crippen LogP contribution < -0.4 is 10.2 Å². The summed E-state index contributed by atoms with van der Waals surface area (Å²) in [6, 6.07) is 11.9. The van der Waals surface area contributed by atoms with Gasteiger partial charge in [0.25, 0.3) is 5.91 Å². The molecule has 4 nitrogen and oxygen atoms in total. The van der Waals surface area contributed by atoms with E-state index >= 15 is 0 Å². The van der Waals surface area contributed by atoms with Crippen molar-refractivity contribution in [2.24, 2.45) is 0 Å². The number of carbonyl (C=O) groups excluding carboxylic acids is 1. The minimum absolute atomic E-state index is 0.276. The lowest BCUT2D eigenvalue weighted by Crippen LogP contribution is -2.36. The standard InChI is InChI=1S/C19H16ClFN2O2S/c20-12-4-5-16(23-6-8-25-9-7-23)15(10-12)22-19(24)18-11-13-14(21)2-1-3-17(13)26-18/h1-5,10-11H,6-9H2,(H,22,24). The molecule has 2 heterocycles. The van der Waals surface area contributed by atoms with Crippen molar-refractivity contribution in [3.8, 4) is 0 Å². The predicted octanol–water partition coefficient (Wildman–Crippen LogP) is 4.78. The number of hydrogen-bond donors (Lipinski definition) is 1. The molecule has 2 aromatic carbocycles. The number of ether oxygens (including phenoxy) is 1. The van der Waals surface area contributed by atoms with Crippen molar-refractivity contribution in [3.63, 3.8) is 0 Å². The van der Waals surface area contributed by atoms with Crippen molar-refractivity contribution in [1.29, 1.82) is 0 Å². The number of rotatable bonds is 3. The summed E-state index contributed by atoms with van der Waals surface area (Å²) in [7, 11) is 0. The lowest BCUT2D eigenvalue weighted by molar-refractivity contribution is 0.103. The van der Waals surface area contributed by atoms with Gasteiger partial charge < -0.3 is 15.0 Å². The van der Waals surface area contributed by atoms with E-state index < -0.39 is 0 Å². The number of morpholine rings is 1. The van der Waals surface area contributed by atoms with Crippen LogP contribution in [0.2, 0.25) is 5.02 Å². The number of carbonyl (C=O) groups is 1. The first-order chi connectivity index (χ1) is 12.6. The van der Waals surface area contributed by atoms with E-state index in [-0.39, 0.29) is 11.7 Å². The van der Waals surface area contributed by atoms with Gasteiger partial charge in [0, 0.05) is 28.2 Å². The molecule has 0 radical (unpaired) electrons. The van der Waals surface area contributed by atoms with Crippen molar-refractivity contribution in [1.82, 2.24) is 0 Å². The highest BCUT2D eigenvalue weighted by molar-refractivity contribution is 7.20. The first-order valence-electron chi connectivity index (χ1n) is 8.23. The quantitative estimate of drug-likeness (QED) is 0.699. The number of nitrogens with zero attached hydrogens (tertiary/aromatic N) is 1. The molecule has 1 aliphatic rings. The molecular weight excluding hydrogens is 375 g/mol. The molecule has 0 unspecified atom stereocenters. The molecule has 1 saturated heterocycles. The maximum Gasteiger partial charge on any atom is 0.265 e. The van der Waals surface area contributed by atoms with Gasteiger partial charge in [-0.3, -0.25) is 4.79 Å². The van der Waals surface area contributed by atoms with E-state index in [0.717, 1.165) is 23.5 Å². The van der Waals surface area contributed by atoms with Crippen LogP contribution >= 0.6 is 22.9 Å². The molecule has 0 aliphatic carbocycles. The zero-order valence-electron chi connectivity index (χ0n) is 13.8. The Hall–Kier alpha value is -2.15. The second-order valence-corrected chi connectivity index (χ2v) is 7.50. The van der Waals surface area contributed by atoms with Gasteiger partial charge in [0.05, 0.1) is 29.5 Å². The second-order valence-electron chi connectivity index (χ2n) is 5.98. The van der Waals surface area contributed by atoms with Gasteiger partial charge in [-0.25, -0.2) is 4.39 Å². The Balaban J connectivity index is 1.64. The van der Waals surface area contributed by atoms with Crippen LogP contribution in [0.15, 0.2) is 42.5 Å². The molecule has 0 bridgehead atoms. The fraction of sp³-hybridized carbons (Fsp3) is 0.211. The number of anilines is 2. The van der Waals surface area contributed by atoms with Crippen LogP contribution in [-0.4, -0.2) is 32.2 Å². The Kier molecular flexibility index (Phi) is 4.80. The molecule has 134 valence electrons. The first kappa shape index (κ1) is 17.3. The summed E-state index contributed by atoms with van der Waals surface area (Å²) in [5, 5.41) is 3.93. The van der Waals surface area contributed by atoms with Gasteiger partial charge in [-0.15, -0.1) is 11.3 Å². The van der Waals surface area contributed by atoms with Gasteiger partial charge in [-0.05, 0) is 36.4 Å². The largest absolute Gasteiger partial charge is 0.378 e. The van der Waals surface area contributed by atoms with Crippen LogP contribution in [0.5, 0.6) is 0 Å². The van der Waals surface area contributed by atoms with Crippen molar-refractivity contribution >= 4 is 50.3 Å². The molecule has 1 aliphatic heterocycles. The fourth-order valence-electron chi connectivity index (χ4n) is 3.01. The van der Waals surface area contributed by atoms with Gasteiger partial charge in [0.1, 0.15) is 5.82 Å². The Morgan fingerprint density at radius 3 is 2.77 bits per heavy atom. The molecule has 1 N–H and O–H groups in total. The maximum absolute atomic E-state index is 13.9. The molecule has 1 amide bonds. The van der Waals surface area contributed by atoms with Gasteiger partial charge in [0.15, 0.2) is 0 Å². The monoisotopic (exact) mass is 390 g/mol. The Morgan fingerprint density at radius 1 is 1.19 bits per heavy atom. The summed E-state index contributed by atoms with van der Waals surface area (Å²) < 4.78 is 20.0. The first-order valence-corrected chi connectivity index (χ1v) is 9.43. The molecule has 0 spiro atoms. The molecule has 4 rings (SSSR count). The van der Waals surface area contributed by atoms with E-state index in [9.17, 15) is 9.18 Å².